The number of carbonyl (C=O) groups is 3. The fourth-order valence-corrected chi connectivity index (χ4v) is 2.24. The zero-order chi connectivity index (χ0) is 18.4. The Labute approximate surface area is 143 Å². The van der Waals surface area contributed by atoms with E-state index >= 15 is 0 Å². The van der Waals surface area contributed by atoms with Crippen LogP contribution in [-0.2, 0) is 19.1 Å². The van der Waals surface area contributed by atoms with Crippen molar-refractivity contribution in [2.75, 3.05) is 6.61 Å². The molecule has 0 amide bonds. The maximum Gasteiger partial charge on any atom is 0.330 e. The van der Waals surface area contributed by atoms with E-state index in [0.717, 1.165) is 25.7 Å². The third-order valence-electron chi connectivity index (χ3n) is 3.77. The lowest BCUT2D eigenvalue weighted by atomic mass is 9.99. The number of rotatable bonds is 14. The summed E-state index contributed by atoms with van der Waals surface area (Å²) in [5, 5.41) is 17.2. The van der Waals surface area contributed by atoms with Gasteiger partial charge in [-0.15, -0.1) is 0 Å². The predicted molar refractivity (Wildman–Crippen MR) is 90.6 cm³/mol. The fraction of sp³-hybridized carbons (Fsp3) is 0.722. The number of unbranched alkanes of at least 4 members (excludes halogenated alkanes) is 1. The van der Waals surface area contributed by atoms with Crippen LogP contribution < -0.4 is 0 Å². The first kappa shape index (κ1) is 22.1. The molecule has 0 saturated carbocycles. The van der Waals surface area contributed by atoms with E-state index in [4.69, 9.17) is 14.9 Å². The third kappa shape index (κ3) is 15.1. The molecule has 0 fully saturated rings. The van der Waals surface area contributed by atoms with Crippen LogP contribution in [0.15, 0.2) is 12.2 Å². The number of hydrogen-bond donors (Lipinski definition) is 2. The van der Waals surface area contributed by atoms with E-state index in [1.807, 2.05) is 13.8 Å². The van der Waals surface area contributed by atoms with Gasteiger partial charge in [0.05, 0.1) is 6.61 Å². The summed E-state index contributed by atoms with van der Waals surface area (Å²) in [5.41, 5.74) is 0. The van der Waals surface area contributed by atoms with Gasteiger partial charge in [-0.3, -0.25) is 9.59 Å². The molecule has 138 valence electrons. The van der Waals surface area contributed by atoms with E-state index in [1.54, 1.807) is 6.08 Å². The Morgan fingerprint density at radius 2 is 1.54 bits per heavy atom. The highest BCUT2D eigenvalue weighted by atomic mass is 16.5. The third-order valence-corrected chi connectivity index (χ3v) is 3.77. The molecule has 0 aliphatic heterocycles. The van der Waals surface area contributed by atoms with Gasteiger partial charge >= 0.3 is 17.9 Å². The summed E-state index contributed by atoms with van der Waals surface area (Å²) < 4.78 is 5.12. The highest BCUT2D eigenvalue weighted by molar-refractivity contribution is 5.81. The van der Waals surface area contributed by atoms with Gasteiger partial charge in [0.1, 0.15) is 0 Å². The Balaban J connectivity index is 3.67. The normalized spacial score (nSPS) is 13.6. The molecule has 2 N–H and O–H groups in total. The van der Waals surface area contributed by atoms with Gasteiger partial charge in [-0.05, 0) is 43.9 Å². The molecule has 0 aromatic rings. The lowest BCUT2D eigenvalue weighted by Gasteiger charge is -2.10. The maximum absolute atomic E-state index is 11.5. The zero-order valence-corrected chi connectivity index (χ0v) is 14.7. The average molecular weight is 342 g/mol. The Morgan fingerprint density at radius 1 is 0.917 bits per heavy atom. The van der Waals surface area contributed by atoms with Gasteiger partial charge in [0.15, 0.2) is 0 Å². The molecule has 0 rings (SSSR count). The molecule has 0 spiro atoms. The quantitative estimate of drug-likeness (QED) is 0.284. The molecule has 6 heteroatoms. The van der Waals surface area contributed by atoms with Crippen molar-refractivity contribution in [2.24, 2.45) is 11.8 Å². The number of esters is 1. The molecule has 2 atom stereocenters. The van der Waals surface area contributed by atoms with E-state index in [0.29, 0.717) is 25.4 Å². The highest BCUT2D eigenvalue weighted by Gasteiger charge is 2.07. The van der Waals surface area contributed by atoms with E-state index < -0.39 is 11.9 Å². The lowest BCUT2D eigenvalue weighted by molar-refractivity contribution is -0.140. The number of ether oxygens (including phenoxy) is 1. The van der Waals surface area contributed by atoms with Crippen molar-refractivity contribution in [3.05, 3.63) is 12.2 Å². The summed E-state index contributed by atoms with van der Waals surface area (Å²) in [4.78, 5) is 32.4. The highest BCUT2D eigenvalue weighted by Crippen LogP contribution is 2.14. The summed E-state index contributed by atoms with van der Waals surface area (Å²) in [5.74, 6) is -1.43. The van der Waals surface area contributed by atoms with Crippen LogP contribution >= 0.6 is 0 Å². The molecule has 0 aliphatic rings. The van der Waals surface area contributed by atoms with Crippen LogP contribution in [0.25, 0.3) is 0 Å². The number of hydrogen-bond acceptors (Lipinski definition) is 4. The summed E-state index contributed by atoms with van der Waals surface area (Å²) in [6, 6.07) is 0. The molecular weight excluding hydrogens is 312 g/mol. The monoisotopic (exact) mass is 342 g/mol. The number of aliphatic carboxylic acids is 2. The lowest BCUT2D eigenvalue weighted by Crippen LogP contribution is -2.10. The largest absolute Gasteiger partial charge is 0.481 e. The van der Waals surface area contributed by atoms with Gasteiger partial charge in [-0.25, -0.2) is 4.79 Å². The van der Waals surface area contributed by atoms with Gasteiger partial charge in [-0.1, -0.05) is 26.3 Å². The number of carboxylic acids is 2. The topological polar surface area (TPSA) is 101 Å². The molecule has 0 saturated heterocycles. The smallest absolute Gasteiger partial charge is 0.330 e. The van der Waals surface area contributed by atoms with E-state index in [-0.39, 0.29) is 24.7 Å². The average Bonchev–Trinajstić information content (AvgIpc) is 2.50. The van der Waals surface area contributed by atoms with Crippen LogP contribution in [0, 0.1) is 11.8 Å². The van der Waals surface area contributed by atoms with Crippen molar-refractivity contribution >= 4 is 17.9 Å². The summed E-state index contributed by atoms with van der Waals surface area (Å²) in [6.07, 6.45) is 8.15. The Morgan fingerprint density at radius 3 is 2.17 bits per heavy atom. The van der Waals surface area contributed by atoms with Gasteiger partial charge in [-0.2, -0.15) is 0 Å². The van der Waals surface area contributed by atoms with Crippen molar-refractivity contribution in [3.63, 3.8) is 0 Å². The van der Waals surface area contributed by atoms with E-state index in [1.165, 1.54) is 6.08 Å². The summed E-state index contributed by atoms with van der Waals surface area (Å²) in [7, 11) is 0. The molecule has 0 radical (unpaired) electrons. The first-order chi connectivity index (χ1) is 11.3. The second kappa shape index (κ2) is 13.6. The fourth-order valence-electron chi connectivity index (χ4n) is 2.24. The van der Waals surface area contributed by atoms with Crippen molar-refractivity contribution < 1.29 is 29.3 Å². The van der Waals surface area contributed by atoms with Gasteiger partial charge in [0, 0.05) is 18.9 Å². The second-order valence-electron chi connectivity index (χ2n) is 6.39. The molecule has 0 bridgehead atoms. The molecule has 6 nitrogen and oxygen atoms in total. The Kier molecular flexibility index (Phi) is 12.5. The maximum atomic E-state index is 11.5. The minimum Gasteiger partial charge on any atom is -0.481 e. The predicted octanol–water partition coefficient (Wildman–Crippen LogP) is 3.65. The van der Waals surface area contributed by atoms with Crippen molar-refractivity contribution in [3.8, 4) is 0 Å². The van der Waals surface area contributed by atoms with Gasteiger partial charge in [0.25, 0.3) is 0 Å². The number of carbonyl (C=O) groups excluding carboxylic acids is 1. The van der Waals surface area contributed by atoms with Crippen LogP contribution in [0.1, 0.15) is 65.2 Å². The number of allylic oxidation sites excluding steroid dienone is 1. The minimum atomic E-state index is -0.806. The van der Waals surface area contributed by atoms with Crippen molar-refractivity contribution in [1.29, 1.82) is 0 Å². The van der Waals surface area contributed by atoms with Crippen molar-refractivity contribution in [2.45, 2.75) is 65.2 Å². The molecular formula is C18H30O6. The zero-order valence-electron chi connectivity index (χ0n) is 14.7. The standard InChI is InChI=1S/C18H30O6/c1-14(11-12-17(21)22)7-4-3-5-10-18(23)24-13-15(2)8-6-9-16(19)20/h5,10,14-15H,3-4,6-9,11-13H2,1-2H3,(H,19,20)(H,21,22). The Bertz CT molecular complexity index is 416. The van der Waals surface area contributed by atoms with E-state index in [2.05, 4.69) is 0 Å². The molecule has 0 heterocycles. The minimum absolute atomic E-state index is 0.142. The van der Waals surface area contributed by atoms with Crippen molar-refractivity contribution in [1.82, 2.24) is 0 Å². The van der Waals surface area contributed by atoms with Crippen LogP contribution in [0.2, 0.25) is 0 Å². The van der Waals surface area contributed by atoms with Gasteiger partial charge < -0.3 is 14.9 Å². The molecule has 0 aromatic heterocycles. The second-order valence-corrected chi connectivity index (χ2v) is 6.39. The van der Waals surface area contributed by atoms with E-state index in [9.17, 15) is 14.4 Å². The summed E-state index contributed by atoms with van der Waals surface area (Å²) in [6.45, 7) is 4.26. The Hall–Kier alpha value is -1.85. The summed E-state index contributed by atoms with van der Waals surface area (Å²) >= 11 is 0. The SMILES string of the molecule is CC(CCCC=CC(=O)OCC(C)CCCC(=O)O)CCC(=O)O. The van der Waals surface area contributed by atoms with Crippen LogP contribution in [0.5, 0.6) is 0 Å². The number of carboxylic acid groups (broad SMARTS) is 2. The molecule has 24 heavy (non-hydrogen) atoms. The van der Waals surface area contributed by atoms with Crippen LogP contribution in [0.3, 0.4) is 0 Å². The first-order valence-corrected chi connectivity index (χ1v) is 8.58. The first-order valence-electron chi connectivity index (χ1n) is 8.58. The van der Waals surface area contributed by atoms with Crippen LogP contribution in [-0.4, -0.2) is 34.7 Å². The molecule has 0 aliphatic carbocycles. The van der Waals surface area contributed by atoms with Crippen LogP contribution in [0.4, 0.5) is 0 Å². The van der Waals surface area contributed by atoms with Gasteiger partial charge in [0.2, 0.25) is 0 Å². The molecule has 0 aromatic carbocycles. The molecule has 2 unspecified atom stereocenters.